The Morgan fingerprint density at radius 2 is 1.76 bits per heavy atom. The Balaban J connectivity index is 0.000000970. The maximum atomic E-state index is 14.8. The molecule has 0 radical (unpaired) electrons. The van der Waals surface area contributed by atoms with Crippen LogP contribution in [-0.4, -0.2) is 18.7 Å². The molecule has 6 nitrogen and oxygen atoms in total. The molecule has 1 aromatic carbocycles. The first-order chi connectivity index (χ1) is 16.3. The molecule has 8 heteroatoms. The molecule has 2 aromatic heterocycles. The van der Waals surface area contributed by atoms with Crippen LogP contribution < -0.4 is 11.2 Å². The van der Waals surface area contributed by atoms with Crippen molar-refractivity contribution in [2.75, 3.05) is 0 Å². The molecule has 0 saturated carbocycles. The zero-order valence-corrected chi connectivity index (χ0v) is 21.6. The van der Waals surface area contributed by atoms with Gasteiger partial charge in [-0.05, 0) is 19.1 Å². The number of allylic oxidation sites excluding steroid dienone is 6. The average Bonchev–Trinajstić information content (AvgIpc) is 3.16. The third-order valence-electron chi connectivity index (χ3n) is 5.23. The fourth-order valence-corrected chi connectivity index (χ4v) is 3.84. The van der Waals surface area contributed by atoms with Gasteiger partial charge in [-0.25, -0.2) is 14.2 Å². The maximum absolute atomic E-state index is 14.8. The van der Waals surface area contributed by atoms with E-state index in [9.17, 15) is 14.0 Å². The molecule has 1 aliphatic rings. The van der Waals surface area contributed by atoms with Crippen LogP contribution in [0.25, 0.3) is 22.6 Å². The Morgan fingerprint density at radius 1 is 1.09 bits per heavy atom. The fraction of sp³-hybridized carbons (Fsp3) is 0.346. The summed E-state index contributed by atoms with van der Waals surface area (Å²) < 4.78 is 18.8. The van der Waals surface area contributed by atoms with Crippen LogP contribution in [0.2, 0.25) is 0 Å². The van der Waals surface area contributed by atoms with E-state index in [1.807, 2.05) is 58.9 Å². The molecular formula is C26H32ClFN4O2. The monoisotopic (exact) mass is 486 g/mol. The molecule has 0 spiro atoms. The van der Waals surface area contributed by atoms with E-state index < -0.39 is 17.1 Å². The number of halogens is 2. The smallest absolute Gasteiger partial charge is 0.313 e. The maximum Gasteiger partial charge on any atom is 0.332 e. The van der Waals surface area contributed by atoms with Crippen LogP contribution in [0, 0.1) is 6.92 Å². The quantitative estimate of drug-likeness (QED) is 0.472. The molecule has 1 aliphatic carbocycles. The lowest BCUT2D eigenvalue weighted by atomic mass is 10.1. The number of fused-ring (bicyclic) bond motifs is 1. The number of hydrogen-bond acceptors (Lipinski definition) is 3. The van der Waals surface area contributed by atoms with Gasteiger partial charge in [0.15, 0.2) is 11.2 Å². The average molecular weight is 487 g/mol. The van der Waals surface area contributed by atoms with Crippen molar-refractivity contribution in [3.8, 4) is 11.4 Å². The van der Waals surface area contributed by atoms with Crippen molar-refractivity contribution < 1.29 is 4.39 Å². The Morgan fingerprint density at radius 3 is 2.41 bits per heavy atom. The Bertz CT molecular complexity index is 1390. The number of rotatable bonds is 3. The first-order valence-electron chi connectivity index (χ1n) is 11.4. The highest BCUT2D eigenvalue weighted by Crippen LogP contribution is 2.30. The Hall–Kier alpha value is -3.19. The fourth-order valence-electron chi connectivity index (χ4n) is 3.60. The summed E-state index contributed by atoms with van der Waals surface area (Å²) in [6, 6.07) is 7.62. The van der Waals surface area contributed by atoms with Gasteiger partial charge in [0.05, 0.1) is 6.54 Å². The number of nitrogens with zero attached hydrogens (tertiary/aromatic N) is 4. The molecule has 0 unspecified atom stereocenters. The van der Waals surface area contributed by atoms with E-state index in [4.69, 9.17) is 11.6 Å². The summed E-state index contributed by atoms with van der Waals surface area (Å²) >= 11 is 6.38. The molecule has 0 amide bonds. The highest BCUT2D eigenvalue weighted by molar-refractivity contribution is 6.30. The van der Waals surface area contributed by atoms with Crippen LogP contribution >= 0.6 is 11.6 Å². The molecule has 0 bridgehead atoms. The normalized spacial score (nSPS) is 13.0. The Labute approximate surface area is 204 Å². The zero-order valence-electron chi connectivity index (χ0n) is 20.8. The minimum atomic E-state index is -0.493. The number of aromatic nitrogens is 4. The van der Waals surface area contributed by atoms with Gasteiger partial charge in [0.2, 0.25) is 0 Å². The van der Waals surface area contributed by atoms with E-state index in [-0.39, 0.29) is 23.3 Å². The number of aryl methyl sites for hydroxylation is 2. The second kappa shape index (κ2) is 11.8. The van der Waals surface area contributed by atoms with Gasteiger partial charge in [0.1, 0.15) is 11.7 Å². The van der Waals surface area contributed by atoms with Gasteiger partial charge in [-0.3, -0.25) is 13.9 Å². The largest absolute Gasteiger partial charge is 0.332 e. The van der Waals surface area contributed by atoms with Crippen molar-refractivity contribution in [1.82, 2.24) is 18.7 Å². The predicted molar refractivity (Wildman–Crippen MR) is 139 cm³/mol. The molecule has 0 fully saturated rings. The molecule has 0 aliphatic heterocycles. The minimum Gasteiger partial charge on any atom is -0.313 e. The second-order valence-electron chi connectivity index (χ2n) is 7.30. The van der Waals surface area contributed by atoms with Crippen molar-refractivity contribution >= 4 is 22.8 Å². The van der Waals surface area contributed by atoms with Crippen molar-refractivity contribution in [3.05, 3.63) is 85.3 Å². The number of benzene rings is 1. The summed E-state index contributed by atoms with van der Waals surface area (Å²) in [5, 5.41) is 0.358. The molecule has 0 saturated heterocycles. The lowest BCUT2D eigenvalue weighted by Crippen LogP contribution is -2.37. The molecular weight excluding hydrogens is 455 g/mol. The topological polar surface area (TPSA) is 61.8 Å². The summed E-state index contributed by atoms with van der Waals surface area (Å²) in [5.74, 6) is 0.00130. The Kier molecular flexibility index (Phi) is 9.38. The molecule has 0 N–H and O–H groups in total. The lowest BCUT2D eigenvalue weighted by Gasteiger charge is -2.13. The first kappa shape index (κ1) is 27.1. The van der Waals surface area contributed by atoms with Crippen LogP contribution in [0.5, 0.6) is 0 Å². The van der Waals surface area contributed by atoms with Crippen molar-refractivity contribution in [2.24, 2.45) is 14.1 Å². The molecule has 182 valence electrons. The van der Waals surface area contributed by atoms with Crippen LogP contribution in [0.4, 0.5) is 4.39 Å². The van der Waals surface area contributed by atoms with Gasteiger partial charge >= 0.3 is 5.69 Å². The molecule has 0 atom stereocenters. The standard InChI is InChI=1S/C22H20ClFN4O2.2C2H6/c1-13-7-6-8-14(11-13)19-25-20-18(21(29)27(3)22(30)26(20)2)28(19)12-15-16(23)9-4-5-10-17(15)24;2*1-2/h4-8,10-11H,9,12H2,1-3H3;2*1-2H3. The lowest BCUT2D eigenvalue weighted by molar-refractivity contribution is 0.625. The predicted octanol–water partition coefficient (Wildman–Crippen LogP) is 5.77. The van der Waals surface area contributed by atoms with Gasteiger partial charge in [-0.15, -0.1) is 0 Å². The third kappa shape index (κ3) is 5.14. The first-order valence-corrected chi connectivity index (χ1v) is 11.8. The van der Waals surface area contributed by atoms with Crippen LogP contribution in [0.1, 0.15) is 39.7 Å². The van der Waals surface area contributed by atoms with E-state index in [1.54, 1.807) is 23.8 Å². The summed E-state index contributed by atoms with van der Waals surface area (Å²) in [4.78, 5) is 30.1. The highest BCUT2D eigenvalue weighted by Gasteiger charge is 2.23. The highest BCUT2D eigenvalue weighted by atomic mass is 35.5. The summed E-state index contributed by atoms with van der Waals surface area (Å²) in [7, 11) is 2.97. The summed E-state index contributed by atoms with van der Waals surface area (Å²) in [6.07, 6.45) is 5.12. The molecule has 2 heterocycles. The van der Waals surface area contributed by atoms with Gasteiger partial charge < -0.3 is 4.57 Å². The van der Waals surface area contributed by atoms with E-state index in [1.165, 1.54) is 17.7 Å². The van der Waals surface area contributed by atoms with Crippen molar-refractivity contribution in [2.45, 2.75) is 47.6 Å². The summed E-state index contributed by atoms with van der Waals surface area (Å²) in [5.41, 5.74) is 1.54. The van der Waals surface area contributed by atoms with E-state index in [0.717, 1.165) is 15.7 Å². The number of imidazole rings is 1. The SMILES string of the molecule is CC.CC.Cc1cccc(-c2nc3c(c(=O)n(C)c(=O)n3C)n2CC2=C(Cl)CC=CC=C2F)c1. The van der Waals surface area contributed by atoms with Crippen molar-refractivity contribution in [3.63, 3.8) is 0 Å². The zero-order chi connectivity index (χ0) is 25.6. The van der Waals surface area contributed by atoms with E-state index >= 15 is 0 Å². The molecule has 4 rings (SSSR count). The van der Waals surface area contributed by atoms with Gasteiger partial charge in [0, 0.05) is 36.7 Å². The second-order valence-corrected chi connectivity index (χ2v) is 7.76. The van der Waals surface area contributed by atoms with Gasteiger partial charge in [-0.1, -0.05) is 75.2 Å². The number of hydrogen-bond donors (Lipinski definition) is 0. The molecule has 34 heavy (non-hydrogen) atoms. The van der Waals surface area contributed by atoms with Gasteiger partial charge in [-0.2, -0.15) is 0 Å². The van der Waals surface area contributed by atoms with Crippen molar-refractivity contribution in [1.29, 1.82) is 0 Å². The minimum absolute atomic E-state index is 0.00999. The van der Waals surface area contributed by atoms with Crippen LogP contribution in [0.3, 0.4) is 0 Å². The molecule has 3 aromatic rings. The van der Waals surface area contributed by atoms with Crippen LogP contribution in [-0.2, 0) is 20.6 Å². The van der Waals surface area contributed by atoms with E-state index in [2.05, 4.69) is 4.98 Å². The summed E-state index contributed by atoms with van der Waals surface area (Å²) in [6.45, 7) is 9.96. The van der Waals surface area contributed by atoms with E-state index in [0.29, 0.717) is 17.3 Å². The third-order valence-corrected chi connectivity index (χ3v) is 5.61. The van der Waals surface area contributed by atoms with Crippen LogP contribution in [0.15, 0.2) is 68.5 Å². The van der Waals surface area contributed by atoms with Gasteiger partial charge in [0.25, 0.3) is 5.56 Å².